The molecule has 3 aromatic heterocycles. The Labute approximate surface area is 161 Å². The van der Waals surface area contributed by atoms with Crippen LogP contribution in [0.4, 0.5) is 5.82 Å². The molecule has 0 radical (unpaired) electrons. The first-order valence-corrected chi connectivity index (χ1v) is 9.57. The van der Waals surface area contributed by atoms with Crippen LogP contribution in [0.3, 0.4) is 0 Å². The average molecular weight is 394 g/mol. The van der Waals surface area contributed by atoms with Crippen LogP contribution in [0.25, 0.3) is 11.2 Å². The smallest absolute Gasteiger partial charge is 0.226 e. The van der Waals surface area contributed by atoms with Crippen molar-refractivity contribution in [2.75, 3.05) is 11.4 Å². The fourth-order valence-corrected chi connectivity index (χ4v) is 4.26. The highest BCUT2D eigenvalue weighted by Gasteiger charge is 2.34. The van der Waals surface area contributed by atoms with Gasteiger partial charge in [0.25, 0.3) is 0 Å². The molecule has 0 aromatic carbocycles. The van der Waals surface area contributed by atoms with Gasteiger partial charge in [-0.1, -0.05) is 25.4 Å². The van der Waals surface area contributed by atoms with Crippen LogP contribution in [-0.2, 0) is 6.54 Å². The zero-order valence-corrected chi connectivity index (χ0v) is 16.5. The molecule has 0 spiro atoms. The van der Waals surface area contributed by atoms with Gasteiger partial charge in [0.2, 0.25) is 5.28 Å². The predicted molar refractivity (Wildman–Crippen MR) is 103 cm³/mol. The van der Waals surface area contributed by atoms with E-state index in [2.05, 4.69) is 43.8 Å². The van der Waals surface area contributed by atoms with Crippen LogP contribution >= 0.6 is 23.2 Å². The summed E-state index contributed by atoms with van der Waals surface area (Å²) in [5, 5.41) is 5.59. The summed E-state index contributed by atoms with van der Waals surface area (Å²) in [6.45, 7) is 8.01. The standard InChI is InChI=1S/C17H21Cl2N7/c1-9(2)7-26-14(18)12(10(3)24-26)11-5-4-6-25(11)16-13-15(21-8-20-13)22-17(19)23-16/h8-9,11H,4-7H2,1-3H3,(H,20,21,22,23). The summed E-state index contributed by atoms with van der Waals surface area (Å²) in [5.41, 5.74) is 3.41. The first kappa shape index (κ1) is 17.5. The van der Waals surface area contributed by atoms with E-state index in [0.29, 0.717) is 16.7 Å². The lowest BCUT2D eigenvalue weighted by Crippen LogP contribution is -2.24. The first-order valence-electron chi connectivity index (χ1n) is 8.81. The van der Waals surface area contributed by atoms with Gasteiger partial charge in [-0.25, -0.2) is 4.98 Å². The molecule has 0 amide bonds. The summed E-state index contributed by atoms with van der Waals surface area (Å²) in [7, 11) is 0. The van der Waals surface area contributed by atoms with E-state index in [1.165, 1.54) is 0 Å². The van der Waals surface area contributed by atoms with Crippen molar-refractivity contribution in [3.05, 3.63) is 28.0 Å². The van der Waals surface area contributed by atoms with Gasteiger partial charge in [0.05, 0.1) is 18.1 Å². The maximum atomic E-state index is 6.73. The van der Waals surface area contributed by atoms with Crippen LogP contribution in [-0.4, -0.2) is 36.3 Å². The van der Waals surface area contributed by atoms with Gasteiger partial charge in [-0.15, -0.1) is 0 Å². The predicted octanol–water partition coefficient (Wildman–Crippen LogP) is 4.16. The third kappa shape index (κ3) is 2.93. The van der Waals surface area contributed by atoms with E-state index in [-0.39, 0.29) is 11.3 Å². The van der Waals surface area contributed by atoms with E-state index in [1.807, 2.05) is 11.6 Å². The highest BCUT2D eigenvalue weighted by atomic mass is 35.5. The molecule has 1 aliphatic rings. The lowest BCUT2D eigenvalue weighted by atomic mass is 10.1. The summed E-state index contributed by atoms with van der Waals surface area (Å²) in [4.78, 5) is 18.3. The Morgan fingerprint density at radius 1 is 1.31 bits per heavy atom. The van der Waals surface area contributed by atoms with Crippen molar-refractivity contribution in [2.24, 2.45) is 5.92 Å². The van der Waals surface area contributed by atoms with Gasteiger partial charge >= 0.3 is 0 Å². The second-order valence-electron chi connectivity index (χ2n) is 7.13. The van der Waals surface area contributed by atoms with Crippen molar-refractivity contribution in [1.29, 1.82) is 0 Å². The third-order valence-corrected chi connectivity index (χ3v) is 5.31. The van der Waals surface area contributed by atoms with E-state index in [4.69, 9.17) is 23.2 Å². The molecule has 1 N–H and O–H groups in total. The second kappa shape index (κ2) is 6.70. The minimum absolute atomic E-state index is 0.112. The van der Waals surface area contributed by atoms with Gasteiger partial charge in [-0.05, 0) is 37.3 Å². The van der Waals surface area contributed by atoms with Crippen LogP contribution in [0.1, 0.15) is 44.0 Å². The minimum atomic E-state index is 0.112. The Kier molecular flexibility index (Phi) is 4.52. The van der Waals surface area contributed by atoms with Gasteiger partial charge in [0.1, 0.15) is 10.7 Å². The number of aromatic nitrogens is 6. The Hall–Kier alpha value is -1.86. The number of rotatable bonds is 4. The highest BCUT2D eigenvalue weighted by molar-refractivity contribution is 6.30. The Morgan fingerprint density at radius 3 is 2.88 bits per heavy atom. The molecule has 4 rings (SSSR count). The number of hydrogen-bond donors (Lipinski definition) is 1. The van der Waals surface area contributed by atoms with E-state index in [0.717, 1.165) is 48.5 Å². The number of fused-ring (bicyclic) bond motifs is 1. The fraction of sp³-hybridized carbons (Fsp3) is 0.529. The van der Waals surface area contributed by atoms with Gasteiger partial charge in [0, 0.05) is 18.7 Å². The molecule has 0 bridgehead atoms. The maximum Gasteiger partial charge on any atom is 0.226 e. The molecule has 4 heterocycles. The summed E-state index contributed by atoms with van der Waals surface area (Å²) in [5.74, 6) is 1.25. The molecule has 7 nitrogen and oxygen atoms in total. The molecule has 1 unspecified atom stereocenters. The molecule has 0 aliphatic carbocycles. The molecule has 1 saturated heterocycles. The molecule has 0 saturated carbocycles. The number of nitrogens with zero attached hydrogens (tertiary/aromatic N) is 6. The molecule has 1 aliphatic heterocycles. The number of H-pyrrole nitrogens is 1. The molecular formula is C17H21Cl2N7. The molecule has 9 heteroatoms. The molecule has 26 heavy (non-hydrogen) atoms. The van der Waals surface area contributed by atoms with Gasteiger partial charge < -0.3 is 9.88 Å². The van der Waals surface area contributed by atoms with Crippen molar-refractivity contribution >= 4 is 40.2 Å². The summed E-state index contributed by atoms with van der Waals surface area (Å²) in [6.07, 6.45) is 3.65. The Bertz CT molecular complexity index is 946. The molecule has 3 aromatic rings. The number of nitrogens with one attached hydrogen (secondary N) is 1. The molecule has 138 valence electrons. The van der Waals surface area contributed by atoms with Crippen LogP contribution in [0, 0.1) is 12.8 Å². The second-order valence-corrected chi connectivity index (χ2v) is 7.83. The van der Waals surface area contributed by atoms with Gasteiger partial charge in [-0.2, -0.15) is 15.1 Å². The zero-order valence-electron chi connectivity index (χ0n) is 15.0. The number of aromatic amines is 1. The van der Waals surface area contributed by atoms with E-state index in [9.17, 15) is 0 Å². The van der Waals surface area contributed by atoms with Crippen LogP contribution < -0.4 is 4.90 Å². The Morgan fingerprint density at radius 2 is 2.12 bits per heavy atom. The first-order chi connectivity index (χ1) is 12.5. The minimum Gasteiger partial charge on any atom is -0.347 e. The monoisotopic (exact) mass is 393 g/mol. The van der Waals surface area contributed by atoms with Crippen LogP contribution in [0.15, 0.2) is 6.33 Å². The summed E-state index contributed by atoms with van der Waals surface area (Å²) < 4.78 is 1.91. The highest BCUT2D eigenvalue weighted by Crippen LogP contribution is 2.41. The Balaban J connectivity index is 1.78. The quantitative estimate of drug-likeness (QED) is 0.673. The van der Waals surface area contributed by atoms with Crippen molar-refractivity contribution < 1.29 is 0 Å². The molecular weight excluding hydrogens is 373 g/mol. The van der Waals surface area contributed by atoms with Crippen molar-refractivity contribution in [1.82, 2.24) is 29.7 Å². The largest absolute Gasteiger partial charge is 0.347 e. The van der Waals surface area contributed by atoms with Crippen molar-refractivity contribution in [3.63, 3.8) is 0 Å². The molecule has 1 atom stereocenters. The third-order valence-electron chi connectivity index (χ3n) is 4.74. The van der Waals surface area contributed by atoms with Crippen LogP contribution in [0.5, 0.6) is 0 Å². The number of imidazole rings is 1. The summed E-state index contributed by atoms with van der Waals surface area (Å²) >= 11 is 12.9. The summed E-state index contributed by atoms with van der Waals surface area (Å²) in [6, 6.07) is 0.112. The molecule has 1 fully saturated rings. The van der Waals surface area contributed by atoms with E-state index in [1.54, 1.807) is 6.33 Å². The lowest BCUT2D eigenvalue weighted by molar-refractivity contribution is 0.481. The van der Waals surface area contributed by atoms with Gasteiger partial charge in [0.15, 0.2) is 11.5 Å². The fourth-order valence-electron chi connectivity index (χ4n) is 3.73. The van der Waals surface area contributed by atoms with Crippen LogP contribution in [0.2, 0.25) is 10.4 Å². The van der Waals surface area contributed by atoms with Crippen molar-refractivity contribution in [2.45, 2.75) is 46.2 Å². The average Bonchev–Trinajstić information content (AvgIpc) is 3.26. The van der Waals surface area contributed by atoms with E-state index >= 15 is 0 Å². The normalized spacial score (nSPS) is 17.8. The number of hydrogen-bond acceptors (Lipinski definition) is 5. The number of anilines is 1. The number of halogens is 2. The van der Waals surface area contributed by atoms with Gasteiger partial charge in [-0.3, -0.25) is 4.68 Å². The topological polar surface area (TPSA) is 75.5 Å². The zero-order chi connectivity index (χ0) is 18.4. The SMILES string of the molecule is Cc1nn(CC(C)C)c(Cl)c1C1CCCN1c1nc(Cl)nc2nc[nH]c12. The van der Waals surface area contributed by atoms with E-state index < -0.39 is 0 Å². The maximum absolute atomic E-state index is 6.73. The van der Waals surface area contributed by atoms with Crippen molar-refractivity contribution in [3.8, 4) is 0 Å². The number of aryl methyl sites for hydroxylation is 1. The lowest BCUT2D eigenvalue weighted by Gasteiger charge is -2.26.